The van der Waals surface area contributed by atoms with E-state index in [-0.39, 0.29) is 11.3 Å². The van der Waals surface area contributed by atoms with E-state index in [0.29, 0.717) is 5.56 Å². The molecule has 0 bridgehead atoms. The summed E-state index contributed by atoms with van der Waals surface area (Å²) in [6, 6.07) is 3.79. The van der Waals surface area contributed by atoms with Crippen LogP contribution in [0.25, 0.3) is 0 Å². The predicted octanol–water partition coefficient (Wildman–Crippen LogP) is 3.01. The highest BCUT2D eigenvalue weighted by Crippen LogP contribution is 2.57. The molecule has 0 amide bonds. The molecule has 2 N–H and O–H groups in total. The van der Waals surface area contributed by atoms with Crippen LogP contribution in [0.1, 0.15) is 31.9 Å². The van der Waals surface area contributed by atoms with E-state index in [9.17, 15) is 8.78 Å². The van der Waals surface area contributed by atoms with E-state index in [1.54, 1.807) is 6.07 Å². The van der Waals surface area contributed by atoms with Gasteiger partial charge in [0.15, 0.2) is 11.6 Å². The zero-order valence-electron chi connectivity index (χ0n) is 8.93. The first-order valence-corrected chi connectivity index (χ1v) is 5.13. The lowest BCUT2D eigenvalue weighted by atomic mass is 9.97. The van der Waals surface area contributed by atoms with E-state index in [0.717, 1.165) is 12.5 Å². The summed E-state index contributed by atoms with van der Waals surface area (Å²) in [5.74, 6) is -1.36. The lowest BCUT2D eigenvalue weighted by Crippen LogP contribution is -2.17. The van der Waals surface area contributed by atoms with Gasteiger partial charge >= 0.3 is 0 Å². The van der Waals surface area contributed by atoms with Gasteiger partial charge < -0.3 is 5.73 Å². The zero-order valence-corrected chi connectivity index (χ0v) is 8.93. The van der Waals surface area contributed by atoms with E-state index in [1.807, 2.05) is 0 Å². The zero-order chi connectivity index (χ0) is 11.2. The van der Waals surface area contributed by atoms with Crippen LogP contribution in [-0.4, -0.2) is 0 Å². The molecule has 1 fully saturated rings. The molecule has 3 heteroatoms. The summed E-state index contributed by atoms with van der Waals surface area (Å²) >= 11 is 0. The topological polar surface area (TPSA) is 26.0 Å². The molecule has 2 rings (SSSR count). The van der Waals surface area contributed by atoms with Crippen LogP contribution in [0.2, 0.25) is 0 Å². The average molecular weight is 211 g/mol. The third-order valence-corrected chi connectivity index (χ3v) is 3.36. The summed E-state index contributed by atoms with van der Waals surface area (Å²) in [6.45, 7) is 4.18. The second-order valence-electron chi connectivity index (χ2n) is 4.97. The van der Waals surface area contributed by atoms with Gasteiger partial charge in [-0.2, -0.15) is 0 Å². The molecule has 1 aliphatic carbocycles. The first-order chi connectivity index (χ1) is 6.93. The number of halogens is 2. The Morgan fingerprint density at radius 2 is 2.00 bits per heavy atom. The quantitative estimate of drug-likeness (QED) is 0.799. The summed E-state index contributed by atoms with van der Waals surface area (Å²) < 4.78 is 26.4. The maximum atomic E-state index is 13.4. The van der Waals surface area contributed by atoms with E-state index in [1.165, 1.54) is 6.07 Å². The SMILES string of the molecule is CC1(C)CC1C(N)c1cccc(F)c1F. The van der Waals surface area contributed by atoms with Gasteiger partial charge in [0.25, 0.3) is 0 Å². The second kappa shape index (κ2) is 3.27. The maximum Gasteiger partial charge on any atom is 0.163 e. The van der Waals surface area contributed by atoms with Crippen LogP contribution in [0.15, 0.2) is 18.2 Å². The Bertz CT molecular complexity index is 387. The second-order valence-corrected chi connectivity index (χ2v) is 4.97. The number of rotatable bonds is 2. The largest absolute Gasteiger partial charge is 0.324 e. The van der Waals surface area contributed by atoms with Crippen molar-refractivity contribution in [3.63, 3.8) is 0 Å². The minimum atomic E-state index is -0.818. The van der Waals surface area contributed by atoms with Crippen molar-refractivity contribution in [2.24, 2.45) is 17.1 Å². The highest BCUT2D eigenvalue weighted by atomic mass is 19.2. The molecular formula is C12H15F2N. The van der Waals surface area contributed by atoms with Gasteiger partial charge in [-0.15, -0.1) is 0 Å². The fraction of sp³-hybridized carbons (Fsp3) is 0.500. The van der Waals surface area contributed by atoms with Crippen molar-refractivity contribution in [3.05, 3.63) is 35.4 Å². The third kappa shape index (κ3) is 1.76. The highest BCUT2D eigenvalue weighted by molar-refractivity contribution is 5.25. The van der Waals surface area contributed by atoms with Crippen LogP contribution in [0.3, 0.4) is 0 Å². The Morgan fingerprint density at radius 1 is 1.40 bits per heavy atom. The summed E-state index contributed by atoms with van der Waals surface area (Å²) in [7, 11) is 0. The Kier molecular flexibility index (Phi) is 2.30. The van der Waals surface area contributed by atoms with Crippen LogP contribution >= 0.6 is 0 Å². The van der Waals surface area contributed by atoms with Crippen molar-refractivity contribution in [1.82, 2.24) is 0 Å². The lowest BCUT2D eigenvalue weighted by Gasteiger charge is -2.14. The van der Waals surface area contributed by atoms with Crippen molar-refractivity contribution >= 4 is 0 Å². The van der Waals surface area contributed by atoms with E-state index < -0.39 is 17.7 Å². The van der Waals surface area contributed by atoms with E-state index >= 15 is 0 Å². The van der Waals surface area contributed by atoms with Crippen molar-refractivity contribution in [3.8, 4) is 0 Å². The summed E-state index contributed by atoms with van der Waals surface area (Å²) in [4.78, 5) is 0. The average Bonchev–Trinajstić information content (AvgIpc) is 2.79. The number of benzene rings is 1. The smallest absolute Gasteiger partial charge is 0.163 e. The molecule has 0 radical (unpaired) electrons. The van der Waals surface area contributed by atoms with Crippen LogP contribution in [0.4, 0.5) is 8.78 Å². The first kappa shape index (κ1) is 10.6. The Labute approximate surface area is 88.3 Å². The van der Waals surface area contributed by atoms with Crippen molar-refractivity contribution in [2.75, 3.05) is 0 Å². The Hall–Kier alpha value is -0.960. The fourth-order valence-corrected chi connectivity index (χ4v) is 2.12. The van der Waals surface area contributed by atoms with Crippen LogP contribution in [0.5, 0.6) is 0 Å². The summed E-state index contributed by atoms with van der Waals surface area (Å²) in [6.07, 6.45) is 0.976. The summed E-state index contributed by atoms with van der Waals surface area (Å²) in [5, 5.41) is 0. The van der Waals surface area contributed by atoms with Gasteiger partial charge in [-0.05, 0) is 23.8 Å². The third-order valence-electron chi connectivity index (χ3n) is 3.36. The molecule has 1 aromatic rings. The Morgan fingerprint density at radius 3 is 2.53 bits per heavy atom. The molecule has 1 aliphatic rings. The monoisotopic (exact) mass is 211 g/mol. The van der Waals surface area contributed by atoms with Gasteiger partial charge in [-0.3, -0.25) is 0 Å². The fourth-order valence-electron chi connectivity index (χ4n) is 2.12. The number of nitrogens with two attached hydrogens (primary N) is 1. The van der Waals surface area contributed by atoms with Crippen LogP contribution in [0, 0.1) is 23.0 Å². The first-order valence-electron chi connectivity index (χ1n) is 5.13. The van der Waals surface area contributed by atoms with Crippen molar-refractivity contribution in [2.45, 2.75) is 26.3 Å². The van der Waals surface area contributed by atoms with Gasteiger partial charge in [-0.25, -0.2) is 8.78 Å². The minimum Gasteiger partial charge on any atom is -0.324 e. The van der Waals surface area contributed by atoms with Gasteiger partial charge in [0.1, 0.15) is 0 Å². The van der Waals surface area contributed by atoms with Gasteiger partial charge in [0.2, 0.25) is 0 Å². The lowest BCUT2D eigenvalue weighted by molar-refractivity contribution is 0.450. The normalized spacial score (nSPS) is 25.0. The molecule has 0 aromatic heterocycles. The molecule has 0 aliphatic heterocycles. The predicted molar refractivity (Wildman–Crippen MR) is 55.2 cm³/mol. The van der Waals surface area contributed by atoms with Gasteiger partial charge in [0.05, 0.1) is 0 Å². The van der Waals surface area contributed by atoms with E-state index in [4.69, 9.17) is 5.73 Å². The molecule has 2 unspecified atom stereocenters. The molecule has 15 heavy (non-hydrogen) atoms. The molecule has 2 atom stereocenters. The van der Waals surface area contributed by atoms with Crippen LogP contribution < -0.4 is 5.73 Å². The van der Waals surface area contributed by atoms with Crippen LogP contribution in [-0.2, 0) is 0 Å². The molecule has 0 spiro atoms. The summed E-state index contributed by atoms with van der Waals surface area (Å²) in [5.41, 5.74) is 6.40. The van der Waals surface area contributed by atoms with Gasteiger partial charge in [-0.1, -0.05) is 26.0 Å². The van der Waals surface area contributed by atoms with E-state index in [2.05, 4.69) is 13.8 Å². The molecule has 0 saturated heterocycles. The van der Waals surface area contributed by atoms with Gasteiger partial charge in [0, 0.05) is 11.6 Å². The maximum absolute atomic E-state index is 13.4. The molecule has 0 heterocycles. The molecular weight excluding hydrogens is 196 g/mol. The molecule has 82 valence electrons. The standard InChI is InChI=1S/C12H15F2N/c1-12(2)6-8(12)11(15)7-4-3-5-9(13)10(7)14/h3-5,8,11H,6,15H2,1-2H3. The minimum absolute atomic E-state index is 0.165. The Balaban J connectivity index is 2.27. The molecule has 1 nitrogen and oxygen atoms in total. The molecule has 1 saturated carbocycles. The highest BCUT2D eigenvalue weighted by Gasteiger charge is 2.49. The van der Waals surface area contributed by atoms with Crippen molar-refractivity contribution in [1.29, 1.82) is 0 Å². The molecule has 1 aromatic carbocycles. The van der Waals surface area contributed by atoms with Crippen molar-refractivity contribution < 1.29 is 8.78 Å². The number of hydrogen-bond acceptors (Lipinski definition) is 1. The number of hydrogen-bond donors (Lipinski definition) is 1.